The third kappa shape index (κ3) is 2.79. The van der Waals surface area contributed by atoms with Gasteiger partial charge in [0.1, 0.15) is 6.10 Å². The lowest BCUT2D eigenvalue weighted by Gasteiger charge is -2.26. The van der Waals surface area contributed by atoms with E-state index in [-0.39, 0.29) is 6.10 Å². The molecule has 2 rings (SSSR count). The summed E-state index contributed by atoms with van der Waals surface area (Å²) in [5.41, 5.74) is 5.81. The molecule has 0 bridgehead atoms. The van der Waals surface area contributed by atoms with Crippen molar-refractivity contribution in [3.63, 3.8) is 0 Å². The minimum absolute atomic E-state index is 0.180. The summed E-state index contributed by atoms with van der Waals surface area (Å²) in [5, 5.41) is 0.326. The fourth-order valence-corrected chi connectivity index (χ4v) is 1.90. The van der Waals surface area contributed by atoms with Crippen molar-refractivity contribution < 1.29 is 4.74 Å². The number of aromatic nitrogens is 2. The van der Waals surface area contributed by atoms with Gasteiger partial charge in [-0.15, -0.1) is 0 Å². The van der Waals surface area contributed by atoms with Crippen molar-refractivity contribution in [1.29, 1.82) is 0 Å². The standard InChI is InChI=1S/C10H14ClN3O/c11-9-10(14-6-5-13-9)15-8-3-1-7(12)2-4-8/h5-8H,1-4,12H2. The van der Waals surface area contributed by atoms with Gasteiger partial charge in [-0.05, 0) is 25.7 Å². The zero-order chi connectivity index (χ0) is 10.7. The molecule has 5 heteroatoms. The van der Waals surface area contributed by atoms with E-state index in [1.165, 1.54) is 0 Å². The van der Waals surface area contributed by atoms with Crippen molar-refractivity contribution in [1.82, 2.24) is 9.97 Å². The average Bonchev–Trinajstić information content (AvgIpc) is 2.25. The van der Waals surface area contributed by atoms with Crippen molar-refractivity contribution in [2.45, 2.75) is 37.8 Å². The number of ether oxygens (including phenoxy) is 1. The monoisotopic (exact) mass is 227 g/mol. The summed E-state index contributed by atoms with van der Waals surface area (Å²) in [6.07, 6.45) is 7.24. The topological polar surface area (TPSA) is 61.0 Å². The molecule has 15 heavy (non-hydrogen) atoms. The molecule has 0 amide bonds. The van der Waals surface area contributed by atoms with Crippen LogP contribution in [0, 0.1) is 0 Å². The van der Waals surface area contributed by atoms with Crippen LogP contribution in [-0.4, -0.2) is 22.1 Å². The van der Waals surface area contributed by atoms with E-state index in [4.69, 9.17) is 22.1 Å². The Morgan fingerprint density at radius 2 is 1.87 bits per heavy atom. The lowest BCUT2D eigenvalue weighted by molar-refractivity contribution is 0.141. The zero-order valence-electron chi connectivity index (χ0n) is 8.40. The molecule has 1 aromatic rings. The average molecular weight is 228 g/mol. The molecule has 1 heterocycles. The van der Waals surface area contributed by atoms with Gasteiger partial charge in [0.25, 0.3) is 5.88 Å². The number of halogens is 1. The molecule has 0 aliphatic heterocycles. The SMILES string of the molecule is NC1CCC(Oc2nccnc2Cl)CC1. The first-order chi connectivity index (χ1) is 7.25. The van der Waals surface area contributed by atoms with Crippen LogP contribution in [0.4, 0.5) is 0 Å². The number of hydrogen-bond donors (Lipinski definition) is 1. The molecule has 2 N–H and O–H groups in total. The van der Waals surface area contributed by atoms with Crippen molar-refractivity contribution in [2.75, 3.05) is 0 Å². The van der Waals surface area contributed by atoms with Crippen molar-refractivity contribution >= 4 is 11.6 Å². The van der Waals surface area contributed by atoms with Gasteiger partial charge in [-0.25, -0.2) is 9.97 Å². The number of rotatable bonds is 2. The van der Waals surface area contributed by atoms with Gasteiger partial charge in [0, 0.05) is 18.4 Å². The summed E-state index contributed by atoms with van der Waals surface area (Å²) < 4.78 is 5.67. The van der Waals surface area contributed by atoms with Gasteiger partial charge in [0.05, 0.1) is 0 Å². The van der Waals surface area contributed by atoms with Gasteiger partial charge in [-0.1, -0.05) is 11.6 Å². The molecule has 0 unspecified atom stereocenters. The molecule has 4 nitrogen and oxygen atoms in total. The van der Waals surface area contributed by atoms with E-state index in [0.717, 1.165) is 25.7 Å². The van der Waals surface area contributed by atoms with Gasteiger partial charge < -0.3 is 10.5 Å². The Morgan fingerprint density at radius 3 is 2.53 bits per heavy atom. The van der Waals surface area contributed by atoms with E-state index >= 15 is 0 Å². The first kappa shape index (κ1) is 10.6. The number of hydrogen-bond acceptors (Lipinski definition) is 4. The van der Waals surface area contributed by atoms with Crippen LogP contribution >= 0.6 is 11.6 Å². The van der Waals surface area contributed by atoms with Crippen molar-refractivity contribution in [3.8, 4) is 5.88 Å². The summed E-state index contributed by atoms with van der Waals surface area (Å²) in [7, 11) is 0. The number of nitrogens with two attached hydrogens (primary N) is 1. The van der Waals surface area contributed by atoms with Crippen LogP contribution in [0.1, 0.15) is 25.7 Å². The Bertz CT molecular complexity index is 326. The Morgan fingerprint density at radius 1 is 1.20 bits per heavy atom. The third-order valence-corrected chi connectivity index (χ3v) is 2.88. The molecule has 0 spiro atoms. The lowest BCUT2D eigenvalue weighted by atomic mass is 9.94. The highest BCUT2D eigenvalue weighted by atomic mass is 35.5. The predicted molar refractivity (Wildman–Crippen MR) is 57.9 cm³/mol. The van der Waals surface area contributed by atoms with Gasteiger partial charge in [-0.3, -0.25) is 0 Å². The van der Waals surface area contributed by atoms with Crippen LogP contribution in [0.5, 0.6) is 5.88 Å². The molecule has 1 aromatic heterocycles. The first-order valence-electron chi connectivity index (χ1n) is 5.14. The molecule has 0 radical (unpaired) electrons. The summed E-state index contributed by atoms with van der Waals surface area (Å²) in [6.45, 7) is 0. The van der Waals surface area contributed by atoms with E-state index in [0.29, 0.717) is 17.1 Å². The molecular weight excluding hydrogens is 214 g/mol. The Balaban J connectivity index is 1.95. The highest BCUT2D eigenvalue weighted by Gasteiger charge is 2.21. The minimum atomic E-state index is 0.180. The summed E-state index contributed by atoms with van der Waals surface area (Å²) in [6, 6.07) is 0.321. The fourth-order valence-electron chi connectivity index (χ4n) is 1.75. The molecule has 1 saturated carbocycles. The van der Waals surface area contributed by atoms with E-state index in [1.54, 1.807) is 12.4 Å². The maximum atomic E-state index is 5.85. The molecule has 1 aliphatic rings. The van der Waals surface area contributed by atoms with Crippen molar-refractivity contribution in [3.05, 3.63) is 17.5 Å². The summed E-state index contributed by atoms with van der Waals surface area (Å²) in [5.74, 6) is 0.430. The number of nitrogens with zero attached hydrogens (tertiary/aromatic N) is 2. The predicted octanol–water partition coefficient (Wildman–Crippen LogP) is 1.78. The van der Waals surface area contributed by atoms with E-state index in [2.05, 4.69) is 9.97 Å². The Labute approximate surface area is 93.8 Å². The normalized spacial score (nSPS) is 26.3. The molecule has 0 saturated heterocycles. The molecule has 1 fully saturated rings. The fraction of sp³-hybridized carbons (Fsp3) is 0.600. The Kier molecular flexibility index (Phi) is 3.38. The third-order valence-electron chi connectivity index (χ3n) is 2.62. The Hall–Kier alpha value is -0.870. The second-order valence-corrected chi connectivity index (χ2v) is 4.16. The molecular formula is C10H14ClN3O. The lowest BCUT2D eigenvalue weighted by Crippen LogP contribution is -2.31. The molecule has 0 aromatic carbocycles. The second kappa shape index (κ2) is 4.77. The maximum Gasteiger partial charge on any atom is 0.252 e. The molecule has 0 atom stereocenters. The van der Waals surface area contributed by atoms with Gasteiger partial charge in [-0.2, -0.15) is 0 Å². The summed E-state index contributed by atoms with van der Waals surface area (Å²) in [4.78, 5) is 7.96. The van der Waals surface area contributed by atoms with Crippen LogP contribution in [0.3, 0.4) is 0 Å². The zero-order valence-corrected chi connectivity index (χ0v) is 9.15. The van der Waals surface area contributed by atoms with Gasteiger partial charge >= 0.3 is 0 Å². The van der Waals surface area contributed by atoms with Crippen molar-refractivity contribution in [2.24, 2.45) is 5.73 Å². The molecule has 1 aliphatic carbocycles. The van der Waals surface area contributed by atoms with Gasteiger partial charge in [0.2, 0.25) is 0 Å². The highest BCUT2D eigenvalue weighted by molar-refractivity contribution is 6.30. The largest absolute Gasteiger partial charge is 0.472 e. The van der Waals surface area contributed by atoms with Crippen LogP contribution in [-0.2, 0) is 0 Å². The van der Waals surface area contributed by atoms with E-state index < -0.39 is 0 Å². The highest BCUT2D eigenvalue weighted by Crippen LogP contribution is 2.24. The smallest absolute Gasteiger partial charge is 0.252 e. The first-order valence-corrected chi connectivity index (χ1v) is 5.52. The van der Waals surface area contributed by atoms with E-state index in [9.17, 15) is 0 Å². The quantitative estimate of drug-likeness (QED) is 0.837. The minimum Gasteiger partial charge on any atom is -0.472 e. The summed E-state index contributed by atoms with van der Waals surface area (Å²) >= 11 is 5.85. The van der Waals surface area contributed by atoms with Crippen LogP contribution in [0.25, 0.3) is 0 Å². The maximum absolute atomic E-state index is 5.85. The van der Waals surface area contributed by atoms with Gasteiger partial charge in [0.15, 0.2) is 5.15 Å². The van der Waals surface area contributed by atoms with Crippen LogP contribution < -0.4 is 10.5 Å². The van der Waals surface area contributed by atoms with Crippen LogP contribution in [0.2, 0.25) is 5.15 Å². The van der Waals surface area contributed by atoms with Crippen LogP contribution in [0.15, 0.2) is 12.4 Å². The molecule has 82 valence electrons. The van der Waals surface area contributed by atoms with E-state index in [1.807, 2.05) is 0 Å². The second-order valence-electron chi connectivity index (χ2n) is 3.81.